The number of hydrogen-bond acceptors (Lipinski definition) is 4. The van der Waals surface area contributed by atoms with Gasteiger partial charge in [0.25, 0.3) is 11.5 Å². The topological polar surface area (TPSA) is 80.6 Å². The van der Waals surface area contributed by atoms with Gasteiger partial charge in [0.05, 0.1) is 12.6 Å². The van der Waals surface area contributed by atoms with Gasteiger partial charge in [-0.05, 0) is 38.0 Å². The van der Waals surface area contributed by atoms with Crippen LogP contribution >= 0.6 is 11.6 Å². The maximum atomic E-state index is 12.8. The zero-order chi connectivity index (χ0) is 18.0. The van der Waals surface area contributed by atoms with Gasteiger partial charge in [-0.2, -0.15) is 0 Å². The molecule has 2 heterocycles. The van der Waals surface area contributed by atoms with E-state index in [1.807, 2.05) is 0 Å². The first kappa shape index (κ1) is 17.5. The molecule has 1 amide bonds. The summed E-state index contributed by atoms with van der Waals surface area (Å²) < 4.78 is 7.04. The van der Waals surface area contributed by atoms with Gasteiger partial charge in [0.15, 0.2) is 0 Å². The van der Waals surface area contributed by atoms with Crippen molar-refractivity contribution in [3.8, 4) is 5.75 Å². The first-order chi connectivity index (χ1) is 12.0. The van der Waals surface area contributed by atoms with E-state index < -0.39 is 11.5 Å². The first-order valence-electron chi connectivity index (χ1n) is 8.07. The Bertz CT molecular complexity index is 857. The molecule has 7 heteroatoms. The third-order valence-electron chi connectivity index (χ3n) is 4.21. The molecule has 1 aliphatic rings. The Morgan fingerprint density at radius 3 is 2.92 bits per heavy atom. The number of carbonyl (C=O) groups is 1. The summed E-state index contributed by atoms with van der Waals surface area (Å²) in [4.78, 5) is 25.3. The predicted octanol–water partition coefficient (Wildman–Crippen LogP) is 2.95. The van der Waals surface area contributed by atoms with E-state index in [0.29, 0.717) is 29.6 Å². The van der Waals surface area contributed by atoms with Crippen LogP contribution in [-0.4, -0.2) is 28.3 Å². The number of nitrogens with one attached hydrogen (secondary N) is 1. The van der Waals surface area contributed by atoms with Crippen LogP contribution in [0.3, 0.4) is 0 Å². The summed E-state index contributed by atoms with van der Waals surface area (Å²) in [6, 6.07) is 8.00. The SMILES string of the molecule is Cc1cc(O)c(C(=O)Nc2cccc(Cl)c2)c(=O)n1C[C@@H]1CCCO1. The fourth-order valence-corrected chi connectivity index (χ4v) is 3.14. The van der Waals surface area contributed by atoms with Crippen LogP contribution < -0.4 is 10.9 Å². The van der Waals surface area contributed by atoms with Gasteiger partial charge in [-0.25, -0.2) is 0 Å². The highest BCUT2D eigenvalue weighted by Crippen LogP contribution is 2.20. The van der Waals surface area contributed by atoms with Gasteiger partial charge in [-0.15, -0.1) is 0 Å². The van der Waals surface area contributed by atoms with Crippen LogP contribution in [0.25, 0.3) is 0 Å². The van der Waals surface area contributed by atoms with Gasteiger partial charge in [0.2, 0.25) is 0 Å². The minimum absolute atomic E-state index is 0.0511. The number of aromatic hydroxyl groups is 1. The van der Waals surface area contributed by atoms with E-state index in [9.17, 15) is 14.7 Å². The number of anilines is 1. The normalized spacial score (nSPS) is 16.8. The van der Waals surface area contributed by atoms with Crippen molar-refractivity contribution < 1.29 is 14.6 Å². The Hall–Kier alpha value is -2.31. The summed E-state index contributed by atoms with van der Waals surface area (Å²) in [6.07, 6.45) is 1.78. The van der Waals surface area contributed by atoms with Crippen molar-refractivity contribution in [1.29, 1.82) is 0 Å². The number of carbonyl (C=O) groups excluding carboxylic acids is 1. The van der Waals surface area contributed by atoms with Crippen molar-refractivity contribution in [2.24, 2.45) is 0 Å². The van der Waals surface area contributed by atoms with Crippen molar-refractivity contribution in [1.82, 2.24) is 4.57 Å². The van der Waals surface area contributed by atoms with Gasteiger partial charge < -0.3 is 19.7 Å². The predicted molar refractivity (Wildman–Crippen MR) is 95.5 cm³/mol. The Morgan fingerprint density at radius 2 is 2.24 bits per heavy atom. The summed E-state index contributed by atoms with van der Waals surface area (Å²) in [5, 5.41) is 13.2. The van der Waals surface area contributed by atoms with E-state index in [0.717, 1.165) is 12.8 Å². The number of benzene rings is 1. The van der Waals surface area contributed by atoms with Crippen molar-refractivity contribution in [3.05, 3.63) is 57.0 Å². The molecule has 1 fully saturated rings. The molecule has 1 atom stereocenters. The summed E-state index contributed by atoms with van der Waals surface area (Å²) in [5.74, 6) is -1.02. The summed E-state index contributed by atoms with van der Waals surface area (Å²) in [6.45, 7) is 2.76. The van der Waals surface area contributed by atoms with Gasteiger partial charge in [0.1, 0.15) is 11.3 Å². The fourth-order valence-electron chi connectivity index (χ4n) is 2.94. The third kappa shape index (κ3) is 3.86. The number of ether oxygens (including phenoxy) is 1. The molecule has 132 valence electrons. The summed E-state index contributed by atoms with van der Waals surface area (Å²) >= 11 is 5.90. The highest BCUT2D eigenvalue weighted by Gasteiger charge is 2.23. The number of halogens is 1. The first-order valence-corrected chi connectivity index (χ1v) is 8.45. The lowest BCUT2D eigenvalue weighted by Crippen LogP contribution is -2.33. The molecular weight excluding hydrogens is 344 g/mol. The average molecular weight is 363 g/mol. The summed E-state index contributed by atoms with van der Waals surface area (Å²) in [7, 11) is 0. The van der Waals surface area contributed by atoms with Crippen LogP contribution in [0.4, 0.5) is 5.69 Å². The Morgan fingerprint density at radius 1 is 1.44 bits per heavy atom. The lowest BCUT2D eigenvalue weighted by atomic mass is 10.1. The minimum Gasteiger partial charge on any atom is -0.507 e. The molecule has 0 radical (unpaired) electrons. The quantitative estimate of drug-likeness (QED) is 0.876. The smallest absolute Gasteiger partial charge is 0.267 e. The second-order valence-electron chi connectivity index (χ2n) is 6.06. The van der Waals surface area contributed by atoms with Crippen molar-refractivity contribution in [2.45, 2.75) is 32.4 Å². The van der Waals surface area contributed by atoms with E-state index in [1.165, 1.54) is 10.6 Å². The molecule has 1 aromatic carbocycles. The molecule has 2 aromatic rings. The van der Waals surface area contributed by atoms with Gasteiger partial charge in [0, 0.05) is 29.1 Å². The number of rotatable bonds is 4. The van der Waals surface area contributed by atoms with Crippen LogP contribution in [0, 0.1) is 6.92 Å². The molecular formula is C18H19ClN2O4. The van der Waals surface area contributed by atoms with Crippen LogP contribution in [0.15, 0.2) is 35.1 Å². The molecule has 0 saturated carbocycles. The highest BCUT2D eigenvalue weighted by molar-refractivity contribution is 6.31. The summed E-state index contributed by atoms with van der Waals surface area (Å²) in [5.41, 5.74) is 0.205. The van der Waals surface area contributed by atoms with E-state index in [-0.39, 0.29) is 17.4 Å². The zero-order valence-corrected chi connectivity index (χ0v) is 14.5. The Balaban J connectivity index is 1.92. The van der Waals surface area contributed by atoms with Crippen LogP contribution in [0.1, 0.15) is 28.9 Å². The molecule has 0 unspecified atom stereocenters. The number of nitrogens with zero attached hydrogens (tertiary/aromatic N) is 1. The van der Waals surface area contributed by atoms with Crippen LogP contribution in [0.2, 0.25) is 5.02 Å². The second kappa shape index (κ2) is 7.29. The van der Waals surface area contributed by atoms with Crippen LogP contribution in [0.5, 0.6) is 5.75 Å². The van der Waals surface area contributed by atoms with Crippen LogP contribution in [-0.2, 0) is 11.3 Å². The molecule has 6 nitrogen and oxygen atoms in total. The molecule has 0 bridgehead atoms. The lowest BCUT2D eigenvalue weighted by molar-refractivity contribution is 0.0946. The third-order valence-corrected chi connectivity index (χ3v) is 4.44. The van der Waals surface area contributed by atoms with E-state index in [4.69, 9.17) is 16.3 Å². The molecule has 1 saturated heterocycles. The highest BCUT2D eigenvalue weighted by atomic mass is 35.5. The number of amides is 1. The van der Waals surface area contributed by atoms with Gasteiger partial charge >= 0.3 is 0 Å². The van der Waals surface area contributed by atoms with E-state index in [2.05, 4.69) is 5.32 Å². The largest absolute Gasteiger partial charge is 0.507 e. The molecule has 1 aromatic heterocycles. The molecule has 1 aliphatic heterocycles. The minimum atomic E-state index is -0.675. The molecule has 0 aliphatic carbocycles. The Kier molecular flexibility index (Phi) is 5.11. The Labute approximate surface area is 150 Å². The molecule has 3 rings (SSSR count). The molecule has 2 N–H and O–H groups in total. The van der Waals surface area contributed by atoms with E-state index in [1.54, 1.807) is 31.2 Å². The number of aryl methyl sites for hydroxylation is 1. The number of pyridine rings is 1. The monoisotopic (exact) mass is 362 g/mol. The number of aromatic nitrogens is 1. The van der Waals surface area contributed by atoms with Crippen molar-refractivity contribution >= 4 is 23.2 Å². The van der Waals surface area contributed by atoms with Crippen molar-refractivity contribution in [3.63, 3.8) is 0 Å². The standard InChI is InChI=1S/C18H19ClN2O4/c1-11-8-15(22)16(17(23)20-13-5-2-4-12(19)9-13)18(24)21(11)10-14-6-3-7-25-14/h2,4-5,8-9,14,22H,3,6-7,10H2,1H3,(H,20,23)/t14-/m0/s1. The lowest BCUT2D eigenvalue weighted by Gasteiger charge is -2.16. The number of hydrogen-bond donors (Lipinski definition) is 2. The molecule has 25 heavy (non-hydrogen) atoms. The van der Waals surface area contributed by atoms with E-state index >= 15 is 0 Å². The fraction of sp³-hybridized carbons (Fsp3) is 0.333. The zero-order valence-electron chi connectivity index (χ0n) is 13.8. The maximum Gasteiger partial charge on any atom is 0.267 e. The van der Waals surface area contributed by atoms with Crippen molar-refractivity contribution in [2.75, 3.05) is 11.9 Å². The average Bonchev–Trinajstić information content (AvgIpc) is 3.04. The van der Waals surface area contributed by atoms with Gasteiger partial charge in [-0.1, -0.05) is 17.7 Å². The molecule has 0 spiro atoms. The second-order valence-corrected chi connectivity index (χ2v) is 6.50. The maximum absolute atomic E-state index is 12.8. The van der Waals surface area contributed by atoms with Gasteiger partial charge in [-0.3, -0.25) is 9.59 Å².